The van der Waals surface area contributed by atoms with Crippen molar-refractivity contribution in [2.45, 2.75) is 26.2 Å². The fourth-order valence-electron chi connectivity index (χ4n) is 1.37. The van der Waals surface area contributed by atoms with Gasteiger partial charge in [-0.15, -0.1) is 0 Å². The topological polar surface area (TPSA) is 37.3 Å². The average Bonchev–Trinajstić information content (AvgIpc) is 2.25. The average molecular weight is 204 g/mol. The molecule has 2 nitrogen and oxygen atoms in total. The van der Waals surface area contributed by atoms with E-state index in [1.807, 2.05) is 43.3 Å². The largest absolute Gasteiger partial charge is 0.478 e. The Kier molecular flexibility index (Phi) is 4.61. The number of carbonyl (C=O) groups is 1. The molecule has 2 heteroatoms. The molecule has 15 heavy (non-hydrogen) atoms. The Morgan fingerprint density at radius 1 is 1.33 bits per heavy atom. The number of carboxylic acids is 1. The van der Waals surface area contributed by atoms with Gasteiger partial charge in [-0.25, -0.2) is 4.79 Å². The zero-order valence-electron chi connectivity index (χ0n) is 8.94. The summed E-state index contributed by atoms with van der Waals surface area (Å²) in [5, 5.41) is 8.99. The maximum absolute atomic E-state index is 10.9. The maximum atomic E-state index is 10.9. The van der Waals surface area contributed by atoms with E-state index in [1.54, 1.807) is 0 Å². The van der Waals surface area contributed by atoms with Gasteiger partial charge in [0.05, 0.1) is 0 Å². The van der Waals surface area contributed by atoms with Gasteiger partial charge in [0.25, 0.3) is 0 Å². The molecule has 1 N–H and O–H groups in total. The molecule has 0 unspecified atom stereocenters. The van der Waals surface area contributed by atoms with Gasteiger partial charge in [-0.1, -0.05) is 49.8 Å². The molecule has 80 valence electrons. The van der Waals surface area contributed by atoms with Gasteiger partial charge in [-0.2, -0.15) is 0 Å². The Balaban J connectivity index is 2.72. The normalized spacial score (nSPS) is 11.4. The quantitative estimate of drug-likeness (QED) is 0.748. The van der Waals surface area contributed by atoms with Gasteiger partial charge in [0.15, 0.2) is 0 Å². The second-order valence-electron chi connectivity index (χ2n) is 3.49. The van der Waals surface area contributed by atoms with E-state index in [1.165, 1.54) is 0 Å². The van der Waals surface area contributed by atoms with Gasteiger partial charge in [0.1, 0.15) is 0 Å². The van der Waals surface area contributed by atoms with Crippen molar-refractivity contribution in [2.24, 2.45) is 0 Å². The lowest BCUT2D eigenvalue weighted by molar-refractivity contribution is -0.132. The molecule has 0 saturated carbocycles. The second-order valence-corrected chi connectivity index (χ2v) is 3.49. The number of aliphatic carboxylic acids is 1. The molecular formula is C13H16O2. The van der Waals surface area contributed by atoms with Crippen LogP contribution in [-0.4, -0.2) is 11.1 Å². The predicted molar refractivity (Wildman–Crippen MR) is 60.8 cm³/mol. The fourth-order valence-corrected chi connectivity index (χ4v) is 1.37. The molecule has 0 aliphatic carbocycles. The highest BCUT2D eigenvalue weighted by Crippen LogP contribution is 2.09. The van der Waals surface area contributed by atoms with E-state index in [0.717, 1.165) is 18.4 Å². The molecule has 1 aromatic carbocycles. The summed E-state index contributed by atoms with van der Waals surface area (Å²) in [4.78, 5) is 10.9. The first-order valence-electron chi connectivity index (χ1n) is 5.20. The van der Waals surface area contributed by atoms with Gasteiger partial charge < -0.3 is 5.11 Å². The molecule has 0 bridgehead atoms. The van der Waals surface area contributed by atoms with Crippen LogP contribution in [-0.2, 0) is 11.2 Å². The number of carboxylic acid groups (broad SMARTS) is 1. The smallest absolute Gasteiger partial charge is 0.331 e. The molecule has 0 aromatic heterocycles. The van der Waals surface area contributed by atoms with Crippen molar-refractivity contribution < 1.29 is 9.90 Å². The summed E-state index contributed by atoms with van der Waals surface area (Å²) in [5.74, 6) is -0.813. The lowest BCUT2D eigenvalue weighted by Crippen LogP contribution is -2.03. The highest BCUT2D eigenvalue weighted by atomic mass is 16.4. The van der Waals surface area contributed by atoms with Gasteiger partial charge in [-0.3, -0.25) is 0 Å². The van der Waals surface area contributed by atoms with E-state index in [2.05, 4.69) is 0 Å². The highest BCUT2D eigenvalue weighted by Gasteiger charge is 2.06. The molecule has 1 aromatic rings. The SMILES string of the molecule is CCCC=C(Cc1ccccc1)C(=O)O. The number of hydrogen-bond donors (Lipinski definition) is 1. The van der Waals surface area contributed by atoms with Crippen LogP contribution in [0.1, 0.15) is 25.3 Å². The third kappa shape index (κ3) is 3.98. The molecule has 0 radical (unpaired) electrons. The van der Waals surface area contributed by atoms with E-state index in [9.17, 15) is 4.79 Å². The van der Waals surface area contributed by atoms with Crippen LogP contribution >= 0.6 is 0 Å². The molecule has 0 fully saturated rings. The summed E-state index contributed by atoms with van der Waals surface area (Å²) in [5.41, 5.74) is 1.53. The van der Waals surface area contributed by atoms with Crippen LogP contribution in [0.5, 0.6) is 0 Å². The predicted octanol–water partition coefficient (Wildman–Crippen LogP) is 3.04. The summed E-state index contributed by atoms with van der Waals surface area (Å²) in [7, 11) is 0. The van der Waals surface area contributed by atoms with Crippen molar-refractivity contribution >= 4 is 5.97 Å². The summed E-state index contributed by atoms with van der Waals surface area (Å²) in [6.45, 7) is 2.04. The maximum Gasteiger partial charge on any atom is 0.331 e. The van der Waals surface area contributed by atoms with Crippen LogP contribution in [0.3, 0.4) is 0 Å². The molecular weight excluding hydrogens is 188 g/mol. The summed E-state index contributed by atoms with van der Waals surface area (Å²) in [6.07, 6.45) is 4.13. The number of allylic oxidation sites excluding steroid dienone is 1. The number of benzene rings is 1. The molecule has 0 aliphatic rings. The molecule has 0 aliphatic heterocycles. The van der Waals surface area contributed by atoms with E-state index < -0.39 is 5.97 Å². The zero-order chi connectivity index (χ0) is 11.1. The van der Waals surface area contributed by atoms with E-state index in [0.29, 0.717) is 12.0 Å². The molecule has 0 amide bonds. The van der Waals surface area contributed by atoms with Gasteiger partial charge in [0, 0.05) is 12.0 Å². The lowest BCUT2D eigenvalue weighted by atomic mass is 10.0. The van der Waals surface area contributed by atoms with Crippen molar-refractivity contribution in [1.29, 1.82) is 0 Å². The number of rotatable bonds is 5. The molecule has 0 saturated heterocycles. The Labute approximate surface area is 90.3 Å². The van der Waals surface area contributed by atoms with E-state index >= 15 is 0 Å². The van der Waals surface area contributed by atoms with Gasteiger partial charge >= 0.3 is 5.97 Å². The third-order valence-electron chi connectivity index (χ3n) is 2.19. The summed E-state index contributed by atoms with van der Waals surface area (Å²) < 4.78 is 0. The van der Waals surface area contributed by atoms with Crippen molar-refractivity contribution in [2.75, 3.05) is 0 Å². The first-order chi connectivity index (χ1) is 7.24. The van der Waals surface area contributed by atoms with Crippen molar-refractivity contribution in [3.63, 3.8) is 0 Å². The van der Waals surface area contributed by atoms with Crippen molar-refractivity contribution in [3.05, 3.63) is 47.5 Å². The Hall–Kier alpha value is -1.57. The summed E-state index contributed by atoms with van der Waals surface area (Å²) >= 11 is 0. The summed E-state index contributed by atoms with van der Waals surface area (Å²) in [6, 6.07) is 9.67. The van der Waals surface area contributed by atoms with Crippen molar-refractivity contribution in [1.82, 2.24) is 0 Å². The minimum atomic E-state index is -0.813. The second kappa shape index (κ2) is 6.02. The van der Waals surface area contributed by atoms with Crippen LogP contribution < -0.4 is 0 Å². The minimum Gasteiger partial charge on any atom is -0.478 e. The molecule has 1 rings (SSSR count). The fraction of sp³-hybridized carbons (Fsp3) is 0.308. The monoisotopic (exact) mass is 204 g/mol. The minimum absolute atomic E-state index is 0.489. The number of unbranched alkanes of at least 4 members (excludes halogenated alkanes) is 1. The van der Waals surface area contributed by atoms with E-state index in [4.69, 9.17) is 5.11 Å². The van der Waals surface area contributed by atoms with Crippen LogP contribution in [0, 0.1) is 0 Å². The zero-order valence-corrected chi connectivity index (χ0v) is 8.94. The first kappa shape index (κ1) is 11.5. The van der Waals surface area contributed by atoms with Crippen LogP contribution in [0.2, 0.25) is 0 Å². The molecule has 0 heterocycles. The first-order valence-corrected chi connectivity index (χ1v) is 5.20. The number of hydrogen-bond acceptors (Lipinski definition) is 1. The highest BCUT2D eigenvalue weighted by molar-refractivity contribution is 5.87. The van der Waals surface area contributed by atoms with Crippen LogP contribution in [0.15, 0.2) is 42.0 Å². The Morgan fingerprint density at radius 3 is 2.53 bits per heavy atom. The van der Waals surface area contributed by atoms with Crippen LogP contribution in [0.25, 0.3) is 0 Å². The Morgan fingerprint density at radius 2 is 2.00 bits per heavy atom. The van der Waals surface area contributed by atoms with Crippen LogP contribution in [0.4, 0.5) is 0 Å². The third-order valence-corrected chi connectivity index (χ3v) is 2.19. The lowest BCUT2D eigenvalue weighted by Gasteiger charge is -2.02. The Bertz CT molecular complexity index is 339. The van der Waals surface area contributed by atoms with E-state index in [-0.39, 0.29) is 0 Å². The van der Waals surface area contributed by atoms with Gasteiger partial charge in [0.2, 0.25) is 0 Å². The molecule has 0 spiro atoms. The standard InChI is InChI=1S/C13H16O2/c1-2-3-9-12(13(14)15)10-11-7-5-4-6-8-11/h4-9H,2-3,10H2,1H3,(H,14,15). The molecule has 0 atom stereocenters. The van der Waals surface area contributed by atoms with Crippen molar-refractivity contribution in [3.8, 4) is 0 Å². The van der Waals surface area contributed by atoms with Gasteiger partial charge in [-0.05, 0) is 12.0 Å².